The van der Waals surface area contributed by atoms with Gasteiger partial charge in [-0.2, -0.15) is 0 Å². The predicted molar refractivity (Wildman–Crippen MR) is 101 cm³/mol. The van der Waals surface area contributed by atoms with E-state index in [1.807, 2.05) is 31.2 Å². The first-order valence-corrected chi connectivity index (χ1v) is 9.55. The maximum atomic E-state index is 12.1. The summed E-state index contributed by atoms with van der Waals surface area (Å²) < 4.78 is 0. The van der Waals surface area contributed by atoms with Gasteiger partial charge in [0.2, 0.25) is 5.91 Å². The Labute approximate surface area is 154 Å². The van der Waals surface area contributed by atoms with Gasteiger partial charge in [0.25, 0.3) is 0 Å². The number of hydrogen-bond donors (Lipinski definition) is 3. The lowest BCUT2D eigenvalue weighted by molar-refractivity contribution is -0.121. The van der Waals surface area contributed by atoms with Gasteiger partial charge in [0.1, 0.15) is 0 Å². The van der Waals surface area contributed by atoms with Crippen LogP contribution in [0.25, 0.3) is 0 Å². The van der Waals surface area contributed by atoms with Crippen LogP contribution in [0.4, 0.5) is 4.79 Å². The molecule has 1 aliphatic carbocycles. The van der Waals surface area contributed by atoms with Gasteiger partial charge < -0.3 is 16.0 Å². The summed E-state index contributed by atoms with van der Waals surface area (Å²) in [4.78, 5) is 24.0. The lowest BCUT2D eigenvalue weighted by Gasteiger charge is -2.23. The van der Waals surface area contributed by atoms with E-state index in [9.17, 15) is 9.59 Å². The first kappa shape index (κ1) is 19.6. The van der Waals surface area contributed by atoms with Gasteiger partial charge in [-0.05, 0) is 37.0 Å². The summed E-state index contributed by atoms with van der Waals surface area (Å²) in [6.07, 6.45) is 6.77. The first-order chi connectivity index (χ1) is 12.1. The van der Waals surface area contributed by atoms with Crippen molar-refractivity contribution >= 4 is 23.5 Å². The van der Waals surface area contributed by atoms with Crippen molar-refractivity contribution in [1.29, 1.82) is 0 Å². The summed E-state index contributed by atoms with van der Waals surface area (Å²) in [6.45, 7) is 2.36. The Bertz CT molecular complexity index is 556. The van der Waals surface area contributed by atoms with E-state index in [1.54, 1.807) is 0 Å². The number of rotatable bonds is 7. The lowest BCUT2D eigenvalue weighted by atomic mass is 9.96. The van der Waals surface area contributed by atoms with Crippen LogP contribution in [0.15, 0.2) is 24.3 Å². The summed E-state index contributed by atoms with van der Waals surface area (Å²) in [6, 6.07) is 7.55. The molecule has 25 heavy (non-hydrogen) atoms. The van der Waals surface area contributed by atoms with E-state index in [-0.39, 0.29) is 30.4 Å². The Morgan fingerprint density at radius 1 is 1.16 bits per heavy atom. The molecular formula is C19H28ClN3O2. The van der Waals surface area contributed by atoms with Gasteiger partial charge in [0.15, 0.2) is 0 Å². The minimum atomic E-state index is -0.176. The van der Waals surface area contributed by atoms with Crippen LogP contribution in [0.5, 0.6) is 0 Å². The van der Waals surface area contributed by atoms with E-state index >= 15 is 0 Å². The summed E-state index contributed by atoms with van der Waals surface area (Å²) in [7, 11) is 0. The molecule has 1 fully saturated rings. The highest BCUT2D eigenvalue weighted by Gasteiger charge is 2.16. The van der Waals surface area contributed by atoms with E-state index in [2.05, 4.69) is 16.0 Å². The molecule has 1 saturated carbocycles. The lowest BCUT2D eigenvalue weighted by Crippen LogP contribution is -2.44. The van der Waals surface area contributed by atoms with Gasteiger partial charge in [-0.15, -0.1) is 0 Å². The van der Waals surface area contributed by atoms with E-state index in [0.717, 1.165) is 24.8 Å². The largest absolute Gasteiger partial charge is 0.349 e. The number of carbonyl (C=O) groups is 2. The molecule has 1 unspecified atom stereocenters. The van der Waals surface area contributed by atoms with Crippen molar-refractivity contribution in [3.63, 3.8) is 0 Å². The van der Waals surface area contributed by atoms with Crippen molar-refractivity contribution in [2.45, 2.75) is 64.0 Å². The molecule has 3 amide bonds. The molecule has 1 aromatic carbocycles. The summed E-state index contributed by atoms with van der Waals surface area (Å²) in [5.74, 6) is -0.0697. The molecular weight excluding hydrogens is 338 g/mol. The van der Waals surface area contributed by atoms with Gasteiger partial charge >= 0.3 is 6.03 Å². The highest BCUT2D eigenvalue weighted by molar-refractivity contribution is 6.30. The van der Waals surface area contributed by atoms with Crippen LogP contribution < -0.4 is 16.0 Å². The second kappa shape index (κ2) is 10.3. The van der Waals surface area contributed by atoms with Gasteiger partial charge in [0, 0.05) is 24.0 Å². The molecule has 0 aliphatic heterocycles. The predicted octanol–water partition coefficient (Wildman–Crippen LogP) is 3.93. The first-order valence-electron chi connectivity index (χ1n) is 9.17. The number of benzene rings is 1. The summed E-state index contributed by atoms with van der Waals surface area (Å²) in [5.41, 5.74) is 1.03. The summed E-state index contributed by atoms with van der Waals surface area (Å²) >= 11 is 5.90. The molecule has 0 aromatic heterocycles. The number of nitrogens with one attached hydrogen (secondary N) is 3. The highest BCUT2D eigenvalue weighted by Crippen LogP contribution is 2.19. The fourth-order valence-corrected chi connectivity index (χ4v) is 3.28. The van der Waals surface area contributed by atoms with E-state index < -0.39 is 0 Å². The number of urea groups is 1. The zero-order valence-electron chi connectivity index (χ0n) is 14.8. The second-order valence-corrected chi connectivity index (χ2v) is 7.00. The third-order valence-electron chi connectivity index (χ3n) is 4.59. The highest BCUT2D eigenvalue weighted by atomic mass is 35.5. The standard InChI is InChI=1S/C19H28ClN3O2/c1-2-17(14-8-10-15(20)11-9-14)23-18(24)12-13-21-19(25)22-16-6-4-3-5-7-16/h8-11,16-17H,2-7,12-13H2,1H3,(H,23,24)(H2,21,22,25). The maximum absolute atomic E-state index is 12.1. The number of hydrogen-bond acceptors (Lipinski definition) is 2. The average Bonchev–Trinajstić information content (AvgIpc) is 2.61. The zero-order valence-corrected chi connectivity index (χ0v) is 15.6. The van der Waals surface area contributed by atoms with Crippen LogP contribution in [0.1, 0.15) is 63.5 Å². The number of amides is 3. The molecule has 1 aromatic rings. The monoisotopic (exact) mass is 365 g/mol. The third-order valence-corrected chi connectivity index (χ3v) is 4.85. The summed E-state index contributed by atoms with van der Waals surface area (Å²) in [5, 5.41) is 9.44. The molecule has 1 aliphatic rings. The molecule has 3 N–H and O–H groups in total. The molecule has 0 radical (unpaired) electrons. The van der Waals surface area contributed by atoms with Crippen molar-refractivity contribution < 1.29 is 9.59 Å². The zero-order chi connectivity index (χ0) is 18.1. The topological polar surface area (TPSA) is 70.2 Å². The van der Waals surface area contributed by atoms with Crippen molar-refractivity contribution in [2.75, 3.05) is 6.54 Å². The maximum Gasteiger partial charge on any atom is 0.315 e. The van der Waals surface area contributed by atoms with E-state index in [4.69, 9.17) is 11.6 Å². The van der Waals surface area contributed by atoms with Gasteiger partial charge in [-0.3, -0.25) is 4.79 Å². The van der Waals surface area contributed by atoms with Crippen LogP contribution in [-0.4, -0.2) is 24.5 Å². The van der Waals surface area contributed by atoms with Gasteiger partial charge in [0.05, 0.1) is 6.04 Å². The van der Waals surface area contributed by atoms with Crippen LogP contribution >= 0.6 is 11.6 Å². The van der Waals surface area contributed by atoms with Crippen LogP contribution in [-0.2, 0) is 4.79 Å². The molecule has 5 nitrogen and oxygen atoms in total. The molecule has 2 rings (SSSR count). The quantitative estimate of drug-likeness (QED) is 0.685. The normalized spacial score (nSPS) is 16.1. The fourth-order valence-electron chi connectivity index (χ4n) is 3.16. The Morgan fingerprint density at radius 3 is 2.48 bits per heavy atom. The average molecular weight is 366 g/mol. The number of carbonyl (C=O) groups excluding carboxylic acids is 2. The SMILES string of the molecule is CCC(NC(=O)CCNC(=O)NC1CCCCC1)c1ccc(Cl)cc1. The molecule has 0 spiro atoms. The van der Waals surface area contributed by atoms with Crippen LogP contribution in [0.2, 0.25) is 5.02 Å². The van der Waals surface area contributed by atoms with E-state index in [1.165, 1.54) is 19.3 Å². The Kier molecular flexibility index (Phi) is 8.06. The number of halogens is 1. The minimum absolute atomic E-state index is 0.0409. The van der Waals surface area contributed by atoms with Crippen molar-refractivity contribution in [2.24, 2.45) is 0 Å². The molecule has 138 valence electrons. The van der Waals surface area contributed by atoms with E-state index in [0.29, 0.717) is 11.6 Å². The third kappa shape index (κ3) is 6.94. The molecule has 1 atom stereocenters. The van der Waals surface area contributed by atoms with Gasteiger partial charge in [-0.1, -0.05) is 49.9 Å². The Hall–Kier alpha value is -1.75. The van der Waals surface area contributed by atoms with Gasteiger partial charge in [-0.25, -0.2) is 4.79 Å². The molecule has 6 heteroatoms. The van der Waals surface area contributed by atoms with Crippen molar-refractivity contribution in [3.8, 4) is 0 Å². The second-order valence-electron chi connectivity index (χ2n) is 6.57. The molecule has 0 bridgehead atoms. The smallest absolute Gasteiger partial charge is 0.315 e. The van der Waals surface area contributed by atoms with Crippen molar-refractivity contribution in [1.82, 2.24) is 16.0 Å². The van der Waals surface area contributed by atoms with Crippen molar-refractivity contribution in [3.05, 3.63) is 34.9 Å². The Balaban J connectivity index is 1.68. The molecule has 0 heterocycles. The Morgan fingerprint density at radius 2 is 1.84 bits per heavy atom. The molecule has 0 saturated heterocycles. The van der Waals surface area contributed by atoms with Crippen LogP contribution in [0.3, 0.4) is 0 Å². The fraction of sp³-hybridized carbons (Fsp3) is 0.579. The van der Waals surface area contributed by atoms with Crippen LogP contribution in [0, 0.1) is 0 Å². The minimum Gasteiger partial charge on any atom is -0.349 e.